The zero-order chi connectivity index (χ0) is 19.0. The van der Waals surface area contributed by atoms with E-state index in [0.717, 1.165) is 19.4 Å². The molecule has 0 aliphatic carbocycles. The molecule has 0 spiro atoms. The summed E-state index contributed by atoms with van der Waals surface area (Å²) in [4.78, 5) is 27.7. The molecular formula is C19H19N3O3S2. The highest BCUT2D eigenvalue weighted by molar-refractivity contribution is 8.26. The second-order valence-corrected chi connectivity index (χ2v) is 8.33. The Hall–Kier alpha value is -2.03. The summed E-state index contributed by atoms with van der Waals surface area (Å²) in [5.74, 6) is -0.871. The van der Waals surface area contributed by atoms with Crippen LogP contribution in [-0.2, 0) is 14.3 Å². The molecule has 2 fully saturated rings. The number of hydrogen-bond donors (Lipinski definition) is 0. The lowest BCUT2D eigenvalue weighted by Crippen LogP contribution is -2.35. The fourth-order valence-electron chi connectivity index (χ4n) is 3.34. The standard InChI is InChI=1S/C19H19N3O3S2/c1-12-15(17(23)22(20-12)13-6-3-2-4-7-13)10-16-18(24)21(19(26)27-16)11-14-8-5-9-25-14/h2-4,6-7,10,14-15H,5,8-9,11H2,1H3/b16-10-. The van der Waals surface area contributed by atoms with Gasteiger partial charge in [-0.15, -0.1) is 0 Å². The van der Waals surface area contributed by atoms with Crippen molar-refractivity contribution in [2.75, 3.05) is 18.2 Å². The van der Waals surface area contributed by atoms with Crippen LogP contribution < -0.4 is 5.01 Å². The monoisotopic (exact) mass is 401 g/mol. The van der Waals surface area contributed by atoms with Crippen LogP contribution in [0.15, 0.2) is 46.4 Å². The molecule has 0 N–H and O–H groups in total. The Morgan fingerprint density at radius 3 is 2.81 bits per heavy atom. The van der Waals surface area contributed by atoms with Crippen LogP contribution in [0.2, 0.25) is 0 Å². The first-order valence-electron chi connectivity index (χ1n) is 8.86. The van der Waals surface area contributed by atoms with Gasteiger partial charge in [0.05, 0.1) is 34.9 Å². The number of amides is 2. The van der Waals surface area contributed by atoms with Crippen LogP contribution in [0, 0.1) is 5.92 Å². The molecule has 27 heavy (non-hydrogen) atoms. The van der Waals surface area contributed by atoms with Gasteiger partial charge in [-0.1, -0.05) is 42.2 Å². The van der Waals surface area contributed by atoms with Gasteiger partial charge in [0.15, 0.2) is 0 Å². The summed E-state index contributed by atoms with van der Waals surface area (Å²) in [6.07, 6.45) is 3.68. The molecule has 2 unspecified atom stereocenters. The molecule has 1 aromatic rings. The Kier molecular flexibility index (Phi) is 5.12. The third-order valence-corrected chi connectivity index (χ3v) is 6.18. The summed E-state index contributed by atoms with van der Waals surface area (Å²) in [7, 11) is 0. The molecule has 3 heterocycles. The fourth-order valence-corrected chi connectivity index (χ4v) is 4.62. The summed E-state index contributed by atoms with van der Waals surface area (Å²) >= 11 is 6.62. The van der Waals surface area contributed by atoms with Gasteiger partial charge in [0.2, 0.25) is 0 Å². The van der Waals surface area contributed by atoms with E-state index in [4.69, 9.17) is 17.0 Å². The van der Waals surface area contributed by atoms with Crippen molar-refractivity contribution in [3.8, 4) is 0 Å². The maximum Gasteiger partial charge on any atom is 0.265 e. The normalized spacial score (nSPS) is 27.2. The smallest absolute Gasteiger partial charge is 0.265 e. The first kappa shape index (κ1) is 18.3. The van der Waals surface area contributed by atoms with Gasteiger partial charge in [0.1, 0.15) is 4.32 Å². The lowest BCUT2D eigenvalue weighted by Gasteiger charge is -2.18. The molecule has 4 rings (SSSR count). The number of carbonyl (C=O) groups is 2. The number of thioether (sulfide) groups is 1. The van der Waals surface area contributed by atoms with Crippen molar-refractivity contribution in [2.45, 2.75) is 25.9 Å². The van der Waals surface area contributed by atoms with E-state index in [1.807, 2.05) is 30.3 Å². The van der Waals surface area contributed by atoms with E-state index in [0.29, 0.717) is 27.2 Å². The highest BCUT2D eigenvalue weighted by Crippen LogP contribution is 2.34. The molecule has 140 valence electrons. The number of hydrogen-bond acceptors (Lipinski definition) is 6. The van der Waals surface area contributed by atoms with Crippen molar-refractivity contribution >= 4 is 51.5 Å². The fraction of sp³-hybridized carbons (Fsp3) is 0.368. The number of nitrogens with zero attached hydrogens (tertiary/aromatic N) is 3. The van der Waals surface area contributed by atoms with Gasteiger partial charge in [0, 0.05) is 6.61 Å². The zero-order valence-corrected chi connectivity index (χ0v) is 16.5. The van der Waals surface area contributed by atoms with Gasteiger partial charge in [-0.25, -0.2) is 0 Å². The summed E-state index contributed by atoms with van der Waals surface area (Å²) in [6, 6.07) is 9.27. The van der Waals surface area contributed by atoms with Crippen molar-refractivity contribution < 1.29 is 14.3 Å². The van der Waals surface area contributed by atoms with Crippen LogP contribution in [0.1, 0.15) is 19.8 Å². The predicted molar refractivity (Wildman–Crippen MR) is 109 cm³/mol. The quantitative estimate of drug-likeness (QED) is 0.573. The highest BCUT2D eigenvalue weighted by Gasteiger charge is 2.38. The van der Waals surface area contributed by atoms with E-state index in [9.17, 15) is 9.59 Å². The van der Waals surface area contributed by atoms with Crippen molar-refractivity contribution in [3.05, 3.63) is 41.3 Å². The molecular weight excluding hydrogens is 382 g/mol. The lowest BCUT2D eigenvalue weighted by atomic mass is 10.0. The number of hydrazone groups is 1. The second kappa shape index (κ2) is 7.53. The zero-order valence-electron chi connectivity index (χ0n) is 14.8. The molecule has 0 radical (unpaired) electrons. The van der Waals surface area contributed by atoms with Gasteiger partial charge >= 0.3 is 0 Å². The van der Waals surface area contributed by atoms with Crippen molar-refractivity contribution in [1.82, 2.24) is 4.90 Å². The minimum Gasteiger partial charge on any atom is -0.376 e. The molecule has 1 aromatic carbocycles. The van der Waals surface area contributed by atoms with E-state index in [1.54, 1.807) is 17.9 Å². The molecule has 0 aromatic heterocycles. The van der Waals surface area contributed by atoms with Crippen LogP contribution in [0.3, 0.4) is 0 Å². The van der Waals surface area contributed by atoms with E-state index in [1.165, 1.54) is 16.8 Å². The van der Waals surface area contributed by atoms with Crippen LogP contribution in [0.5, 0.6) is 0 Å². The number of benzene rings is 1. The molecule has 6 nitrogen and oxygen atoms in total. The van der Waals surface area contributed by atoms with E-state index < -0.39 is 5.92 Å². The topological polar surface area (TPSA) is 62.2 Å². The number of ether oxygens (including phenoxy) is 1. The minimum absolute atomic E-state index is 0.0387. The van der Waals surface area contributed by atoms with Gasteiger partial charge < -0.3 is 4.74 Å². The Labute approximate surface area is 167 Å². The first-order chi connectivity index (χ1) is 13.0. The Balaban J connectivity index is 1.51. The maximum absolute atomic E-state index is 12.8. The van der Waals surface area contributed by atoms with Gasteiger partial charge in [-0.3, -0.25) is 14.5 Å². The Morgan fingerprint density at radius 2 is 2.11 bits per heavy atom. The molecule has 2 atom stereocenters. The van der Waals surface area contributed by atoms with E-state index >= 15 is 0 Å². The van der Waals surface area contributed by atoms with Gasteiger partial charge in [0.25, 0.3) is 11.8 Å². The largest absolute Gasteiger partial charge is 0.376 e. The van der Waals surface area contributed by atoms with E-state index in [2.05, 4.69) is 5.10 Å². The van der Waals surface area contributed by atoms with Crippen LogP contribution in [0.4, 0.5) is 5.69 Å². The van der Waals surface area contributed by atoms with Crippen LogP contribution in [0.25, 0.3) is 0 Å². The molecule has 3 aliphatic heterocycles. The van der Waals surface area contributed by atoms with Gasteiger partial charge in [-0.05, 0) is 38.0 Å². The molecule has 0 saturated carbocycles. The molecule has 0 bridgehead atoms. The summed E-state index contributed by atoms with van der Waals surface area (Å²) in [6.45, 7) is 3.01. The van der Waals surface area contributed by atoms with Crippen molar-refractivity contribution in [1.29, 1.82) is 0 Å². The average molecular weight is 402 g/mol. The number of para-hydroxylation sites is 1. The highest BCUT2D eigenvalue weighted by atomic mass is 32.2. The molecule has 2 saturated heterocycles. The van der Waals surface area contributed by atoms with Crippen LogP contribution >= 0.6 is 24.0 Å². The Morgan fingerprint density at radius 1 is 1.33 bits per heavy atom. The molecule has 2 amide bonds. The van der Waals surface area contributed by atoms with Crippen LogP contribution in [-0.4, -0.2) is 46.0 Å². The average Bonchev–Trinajstić information content (AvgIpc) is 3.35. The summed E-state index contributed by atoms with van der Waals surface area (Å²) in [5.41, 5.74) is 1.37. The molecule has 3 aliphatic rings. The minimum atomic E-state index is -0.554. The van der Waals surface area contributed by atoms with Crippen molar-refractivity contribution in [3.63, 3.8) is 0 Å². The lowest BCUT2D eigenvalue weighted by molar-refractivity contribution is -0.123. The summed E-state index contributed by atoms with van der Waals surface area (Å²) < 4.78 is 6.13. The molecule has 8 heteroatoms. The third-order valence-electron chi connectivity index (χ3n) is 4.79. The third kappa shape index (κ3) is 3.56. The van der Waals surface area contributed by atoms with Gasteiger partial charge in [-0.2, -0.15) is 10.1 Å². The first-order valence-corrected chi connectivity index (χ1v) is 10.1. The SMILES string of the molecule is CC1=NN(c2ccccc2)C(=O)C1/C=C1\SC(=S)N(CC2CCCO2)C1=O. The second-order valence-electron chi connectivity index (χ2n) is 6.65. The summed E-state index contributed by atoms with van der Waals surface area (Å²) in [5, 5.41) is 5.77. The number of rotatable bonds is 4. The number of thiocarbonyl (C=S) groups is 1. The van der Waals surface area contributed by atoms with E-state index in [-0.39, 0.29) is 17.9 Å². The Bertz CT molecular complexity index is 847. The van der Waals surface area contributed by atoms with Crippen molar-refractivity contribution in [2.24, 2.45) is 11.0 Å². The number of carbonyl (C=O) groups excluding carboxylic acids is 2. The number of anilines is 1. The maximum atomic E-state index is 12.8. The predicted octanol–water partition coefficient (Wildman–Crippen LogP) is 2.95.